The summed E-state index contributed by atoms with van der Waals surface area (Å²) in [4.78, 5) is 0. The monoisotopic (exact) mass is 358 g/mol. The highest BCUT2D eigenvalue weighted by Gasteiger charge is 2.73. The average Bonchev–Trinajstić information content (AvgIpc) is 2.57. The molecule has 12 heteroatoms. The SMILES string of the molecule is OC[C@H]1O[C@H](O)[C@H](O)[C@](O)([C@@]2(O)[C@H](O)[C@@H](O)[C@@H](O)O[C@@H]2CO)[C@@H]1O. The van der Waals surface area contributed by atoms with Crippen LogP contribution in [0.5, 0.6) is 0 Å². The summed E-state index contributed by atoms with van der Waals surface area (Å²) in [5, 5.41) is 99.4. The van der Waals surface area contributed by atoms with E-state index in [1.165, 1.54) is 0 Å². The molecule has 142 valence electrons. The third-order valence-electron chi connectivity index (χ3n) is 4.69. The molecule has 2 heterocycles. The quantitative estimate of drug-likeness (QED) is 0.227. The van der Waals surface area contributed by atoms with Crippen LogP contribution in [0, 0.1) is 0 Å². The Labute approximate surface area is 135 Å². The van der Waals surface area contributed by atoms with Gasteiger partial charge in [-0.1, -0.05) is 0 Å². The summed E-state index contributed by atoms with van der Waals surface area (Å²) in [7, 11) is 0. The lowest BCUT2D eigenvalue weighted by Crippen LogP contribution is -2.85. The van der Waals surface area contributed by atoms with E-state index in [1.54, 1.807) is 0 Å². The Kier molecular flexibility index (Phi) is 5.52. The van der Waals surface area contributed by atoms with Crippen molar-refractivity contribution in [3.8, 4) is 0 Å². The first kappa shape index (κ1) is 19.8. The second-order valence-corrected chi connectivity index (χ2v) is 5.92. The van der Waals surface area contributed by atoms with Crippen molar-refractivity contribution in [1.29, 1.82) is 0 Å². The van der Waals surface area contributed by atoms with Gasteiger partial charge < -0.3 is 60.5 Å². The Morgan fingerprint density at radius 3 is 1.75 bits per heavy atom. The number of ether oxygens (including phenoxy) is 2. The van der Waals surface area contributed by atoms with Crippen LogP contribution >= 0.6 is 0 Å². The second kappa shape index (κ2) is 6.68. The van der Waals surface area contributed by atoms with Crippen LogP contribution in [0.2, 0.25) is 0 Å². The molecule has 10 atom stereocenters. The predicted molar refractivity (Wildman–Crippen MR) is 69.9 cm³/mol. The minimum Gasteiger partial charge on any atom is -0.394 e. The molecule has 0 spiro atoms. The van der Waals surface area contributed by atoms with Crippen molar-refractivity contribution in [2.24, 2.45) is 0 Å². The highest BCUT2D eigenvalue weighted by Crippen LogP contribution is 2.45. The van der Waals surface area contributed by atoms with E-state index in [1.807, 2.05) is 0 Å². The Morgan fingerprint density at radius 2 is 1.25 bits per heavy atom. The summed E-state index contributed by atoms with van der Waals surface area (Å²) in [6.45, 7) is -2.06. The molecule has 0 amide bonds. The maximum atomic E-state index is 10.8. The van der Waals surface area contributed by atoms with Crippen molar-refractivity contribution in [3.63, 3.8) is 0 Å². The van der Waals surface area contributed by atoms with E-state index >= 15 is 0 Å². The second-order valence-electron chi connectivity index (χ2n) is 5.92. The number of hydrogen-bond donors (Lipinski definition) is 10. The fourth-order valence-corrected chi connectivity index (χ4v) is 3.26. The maximum Gasteiger partial charge on any atom is 0.184 e. The van der Waals surface area contributed by atoms with E-state index in [0.29, 0.717) is 0 Å². The van der Waals surface area contributed by atoms with E-state index in [-0.39, 0.29) is 0 Å². The van der Waals surface area contributed by atoms with E-state index in [9.17, 15) is 46.0 Å². The van der Waals surface area contributed by atoms with Crippen molar-refractivity contribution >= 4 is 0 Å². The van der Waals surface area contributed by atoms with Gasteiger partial charge in [0.15, 0.2) is 23.8 Å². The molecule has 2 rings (SSSR count). The summed E-state index contributed by atoms with van der Waals surface area (Å²) in [5.41, 5.74) is -6.37. The van der Waals surface area contributed by atoms with Crippen molar-refractivity contribution in [1.82, 2.24) is 0 Å². The van der Waals surface area contributed by atoms with Crippen molar-refractivity contribution in [2.45, 2.75) is 60.4 Å². The van der Waals surface area contributed by atoms with Gasteiger partial charge in [-0.05, 0) is 0 Å². The Bertz CT molecular complexity index is 436. The summed E-state index contributed by atoms with van der Waals surface area (Å²) >= 11 is 0. The Morgan fingerprint density at radius 1 is 0.667 bits per heavy atom. The third kappa shape index (κ3) is 2.47. The molecule has 2 aliphatic heterocycles. The van der Waals surface area contributed by atoms with Gasteiger partial charge in [0.05, 0.1) is 13.2 Å². The minimum absolute atomic E-state index is 0.949. The van der Waals surface area contributed by atoms with Crippen molar-refractivity contribution < 1.29 is 60.5 Å². The fraction of sp³-hybridized carbons (Fsp3) is 1.00. The molecule has 2 fully saturated rings. The standard InChI is InChI=1S/C12H22O12/c13-1-3-6(16)12(22,8(18)10(20)23-3)11(21)4(2-14)24-9(19)5(15)7(11)17/h3-10,13-22H,1-2H2/t3-,4-,5-,6-,7-,8+,9+,10+,11+,12+/m1/s1. The lowest BCUT2D eigenvalue weighted by molar-refractivity contribution is -0.413. The van der Waals surface area contributed by atoms with Gasteiger partial charge in [0.2, 0.25) is 0 Å². The molecule has 12 nitrogen and oxygen atoms in total. The summed E-state index contributed by atoms with van der Waals surface area (Å²) in [6.07, 6.45) is -17.2. The Hall–Kier alpha value is -0.480. The van der Waals surface area contributed by atoms with E-state index < -0.39 is 73.6 Å². The van der Waals surface area contributed by atoms with Gasteiger partial charge in [0.1, 0.15) is 36.6 Å². The fourth-order valence-electron chi connectivity index (χ4n) is 3.26. The average molecular weight is 358 g/mol. The van der Waals surface area contributed by atoms with Crippen LogP contribution in [0.4, 0.5) is 0 Å². The molecule has 24 heavy (non-hydrogen) atoms. The predicted octanol–water partition coefficient (Wildman–Crippen LogP) is -6.69. The lowest BCUT2D eigenvalue weighted by Gasteiger charge is -2.59. The molecule has 2 saturated heterocycles. The van der Waals surface area contributed by atoms with Gasteiger partial charge >= 0.3 is 0 Å². The normalized spacial score (nSPS) is 56.2. The van der Waals surface area contributed by atoms with Crippen molar-refractivity contribution in [3.05, 3.63) is 0 Å². The smallest absolute Gasteiger partial charge is 0.184 e. The zero-order valence-electron chi connectivity index (χ0n) is 12.3. The van der Waals surface area contributed by atoms with Gasteiger partial charge in [0, 0.05) is 0 Å². The lowest BCUT2D eigenvalue weighted by atomic mass is 9.64. The van der Waals surface area contributed by atoms with Crippen LogP contribution < -0.4 is 0 Å². The van der Waals surface area contributed by atoms with Gasteiger partial charge in [-0.25, -0.2) is 0 Å². The molecule has 2 aliphatic rings. The zero-order chi connectivity index (χ0) is 18.4. The van der Waals surface area contributed by atoms with E-state index in [2.05, 4.69) is 4.74 Å². The van der Waals surface area contributed by atoms with Crippen LogP contribution in [-0.4, -0.2) is 125 Å². The van der Waals surface area contributed by atoms with Crippen molar-refractivity contribution in [2.75, 3.05) is 13.2 Å². The van der Waals surface area contributed by atoms with Crippen LogP contribution in [-0.2, 0) is 9.47 Å². The maximum absolute atomic E-state index is 10.8. The van der Waals surface area contributed by atoms with Gasteiger partial charge in [-0.3, -0.25) is 0 Å². The van der Waals surface area contributed by atoms with E-state index in [0.717, 1.165) is 0 Å². The van der Waals surface area contributed by atoms with Gasteiger partial charge in [0.25, 0.3) is 0 Å². The third-order valence-corrected chi connectivity index (χ3v) is 4.69. The molecule has 0 aromatic heterocycles. The summed E-state index contributed by atoms with van der Waals surface area (Å²) < 4.78 is 9.41. The molecule has 0 unspecified atom stereocenters. The first-order chi connectivity index (χ1) is 11.1. The molecule has 0 radical (unpaired) electrons. The van der Waals surface area contributed by atoms with Gasteiger partial charge in [-0.15, -0.1) is 0 Å². The highest BCUT2D eigenvalue weighted by molar-refractivity contribution is 5.20. The molecule has 0 aliphatic carbocycles. The molecule has 0 bridgehead atoms. The Balaban J connectivity index is 2.57. The first-order valence-corrected chi connectivity index (χ1v) is 7.13. The van der Waals surface area contributed by atoms with E-state index in [4.69, 9.17) is 9.84 Å². The molecule has 0 aromatic rings. The molecule has 0 saturated carbocycles. The first-order valence-electron chi connectivity index (χ1n) is 7.13. The topological polar surface area (TPSA) is 221 Å². The minimum atomic E-state index is -3.22. The molecule has 0 aromatic carbocycles. The van der Waals surface area contributed by atoms with Gasteiger partial charge in [-0.2, -0.15) is 0 Å². The number of hydrogen-bond acceptors (Lipinski definition) is 12. The molecule has 10 N–H and O–H groups in total. The van der Waals surface area contributed by atoms with Crippen LogP contribution in [0.15, 0.2) is 0 Å². The number of aliphatic hydroxyl groups is 10. The molecular weight excluding hydrogens is 336 g/mol. The number of aliphatic hydroxyl groups excluding tert-OH is 8. The van der Waals surface area contributed by atoms with Crippen LogP contribution in [0.1, 0.15) is 0 Å². The molecular formula is C12H22O12. The summed E-state index contributed by atoms with van der Waals surface area (Å²) in [5.74, 6) is 0. The van der Waals surface area contributed by atoms with Crippen LogP contribution in [0.3, 0.4) is 0 Å². The zero-order valence-corrected chi connectivity index (χ0v) is 12.3. The highest BCUT2D eigenvalue weighted by atomic mass is 16.7. The van der Waals surface area contributed by atoms with Crippen LogP contribution in [0.25, 0.3) is 0 Å². The summed E-state index contributed by atoms with van der Waals surface area (Å²) in [6, 6.07) is 0. The number of rotatable bonds is 3. The largest absolute Gasteiger partial charge is 0.394 e.